The predicted octanol–water partition coefficient (Wildman–Crippen LogP) is 2.25. The Balaban J connectivity index is 2.83. The number of rotatable bonds is 1. The fourth-order valence-corrected chi connectivity index (χ4v) is 2.06. The smallest absolute Gasteiger partial charge is 0.297 e. The molecular formula is C11H8BrClN2O2. The topological polar surface area (TPSA) is 54.9 Å². The lowest BCUT2D eigenvalue weighted by Crippen LogP contribution is -2.33. The van der Waals surface area contributed by atoms with Crippen LogP contribution in [0.3, 0.4) is 0 Å². The number of H-pyrrole nitrogens is 1. The van der Waals surface area contributed by atoms with E-state index in [2.05, 4.69) is 20.9 Å². The van der Waals surface area contributed by atoms with Gasteiger partial charge in [-0.3, -0.25) is 9.78 Å². The minimum absolute atomic E-state index is 0.0314. The van der Waals surface area contributed by atoms with Crippen LogP contribution in [-0.2, 0) is 0 Å². The molecule has 1 aromatic heterocycles. The molecule has 0 unspecified atom stereocenters. The maximum atomic E-state index is 11.8. The summed E-state index contributed by atoms with van der Waals surface area (Å²) in [7, 11) is 0. The molecule has 1 N–H and O–H groups in total. The van der Waals surface area contributed by atoms with Gasteiger partial charge in [0.1, 0.15) is 5.15 Å². The quantitative estimate of drug-likeness (QED) is 0.821. The Kier molecular flexibility index (Phi) is 3.22. The van der Waals surface area contributed by atoms with Crippen molar-refractivity contribution < 1.29 is 0 Å². The van der Waals surface area contributed by atoms with Crippen LogP contribution in [0.2, 0.25) is 5.15 Å². The van der Waals surface area contributed by atoms with Gasteiger partial charge < -0.3 is 0 Å². The van der Waals surface area contributed by atoms with Gasteiger partial charge in [0.05, 0.1) is 5.69 Å². The normalized spacial score (nSPS) is 10.5. The number of aromatic amines is 1. The first-order valence-electron chi connectivity index (χ1n) is 4.78. The van der Waals surface area contributed by atoms with E-state index < -0.39 is 11.2 Å². The summed E-state index contributed by atoms with van der Waals surface area (Å²) in [5, 5.41) is 0.0314. The molecule has 2 aromatic rings. The second-order valence-electron chi connectivity index (χ2n) is 3.48. The summed E-state index contributed by atoms with van der Waals surface area (Å²) in [5.41, 5.74) is 0.327. The lowest BCUT2D eigenvalue weighted by atomic mass is 10.2. The monoisotopic (exact) mass is 314 g/mol. The molecule has 0 bridgehead atoms. The van der Waals surface area contributed by atoms with Crippen molar-refractivity contribution in [3.05, 3.63) is 60.3 Å². The largest absolute Gasteiger partial charge is 0.334 e. The van der Waals surface area contributed by atoms with Gasteiger partial charge in [-0.2, -0.15) is 0 Å². The zero-order valence-electron chi connectivity index (χ0n) is 8.83. The van der Waals surface area contributed by atoms with Gasteiger partial charge in [-0.1, -0.05) is 33.6 Å². The molecule has 0 fully saturated rings. The molecule has 0 aliphatic heterocycles. The lowest BCUT2D eigenvalue weighted by Gasteiger charge is -2.08. The zero-order valence-corrected chi connectivity index (χ0v) is 11.2. The van der Waals surface area contributed by atoms with Crippen LogP contribution in [0.5, 0.6) is 0 Å². The molecule has 0 spiro atoms. The van der Waals surface area contributed by atoms with Crippen LogP contribution in [0.15, 0.2) is 38.3 Å². The first kappa shape index (κ1) is 12.1. The van der Waals surface area contributed by atoms with E-state index in [9.17, 15) is 9.59 Å². The summed E-state index contributed by atoms with van der Waals surface area (Å²) < 4.78 is 1.88. The fourth-order valence-electron chi connectivity index (χ4n) is 1.53. The SMILES string of the molecule is Cc1c(Br)cccc1-n1c(=O)cc(Cl)[nH]c1=O. The molecule has 88 valence electrons. The Morgan fingerprint density at radius 2 is 2.06 bits per heavy atom. The molecule has 0 saturated heterocycles. The molecule has 2 rings (SSSR count). The number of halogens is 2. The standard InChI is InChI=1S/C11H8BrClN2O2/c1-6-7(12)3-2-4-8(6)15-10(16)5-9(13)14-11(15)17/h2-5H,1H3,(H,14,17). The second-order valence-corrected chi connectivity index (χ2v) is 4.74. The summed E-state index contributed by atoms with van der Waals surface area (Å²) in [6.45, 7) is 1.82. The van der Waals surface area contributed by atoms with Crippen LogP contribution < -0.4 is 11.2 Å². The van der Waals surface area contributed by atoms with Crippen molar-refractivity contribution in [3.63, 3.8) is 0 Å². The Morgan fingerprint density at radius 1 is 1.35 bits per heavy atom. The van der Waals surface area contributed by atoms with Crippen molar-refractivity contribution in [1.82, 2.24) is 9.55 Å². The van der Waals surface area contributed by atoms with Crippen LogP contribution in [0.25, 0.3) is 5.69 Å². The fraction of sp³-hybridized carbons (Fsp3) is 0.0909. The molecule has 0 saturated carbocycles. The van der Waals surface area contributed by atoms with Crippen LogP contribution in [-0.4, -0.2) is 9.55 Å². The van der Waals surface area contributed by atoms with Gasteiger partial charge in [-0.15, -0.1) is 0 Å². The minimum Gasteiger partial charge on any atom is -0.297 e. The molecule has 4 nitrogen and oxygen atoms in total. The van der Waals surface area contributed by atoms with Crippen LogP contribution in [0.1, 0.15) is 5.56 Å². The third kappa shape index (κ3) is 2.21. The van der Waals surface area contributed by atoms with E-state index in [0.29, 0.717) is 5.69 Å². The predicted molar refractivity (Wildman–Crippen MR) is 70.1 cm³/mol. The Hall–Kier alpha value is -1.33. The zero-order chi connectivity index (χ0) is 12.6. The van der Waals surface area contributed by atoms with Gasteiger partial charge in [-0.05, 0) is 24.6 Å². The van der Waals surface area contributed by atoms with E-state index in [0.717, 1.165) is 14.6 Å². The van der Waals surface area contributed by atoms with E-state index in [4.69, 9.17) is 11.6 Å². The summed E-state index contributed by atoms with van der Waals surface area (Å²) in [4.78, 5) is 25.9. The van der Waals surface area contributed by atoms with Gasteiger partial charge in [-0.25, -0.2) is 9.36 Å². The summed E-state index contributed by atoms with van der Waals surface area (Å²) in [5.74, 6) is 0. The number of benzene rings is 1. The number of hydrogen-bond acceptors (Lipinski definition) is 2. The highest BCUT2D eigenvalue weighted by molar-refractivity contribution is 9.10. The van der Waals surface area contributed by atoms with Crippen molar-refractivity contribution in [1.29, 1.82) is 0 Å². The van der Waals surface area contributed by atoms with E-state index in [1.54, 1.807) is 12.1 Å². The maximum Gasteiger partial charge on any atom is 0.334 e. The highest BCUT2D eigenvalue weighted by Crippen LogP contribution is 2.20. The van der Waals surface area contributed by atoms with E-state index in [1.165, 1.54) is 6.07 Å². The molecule has 0 amide bonds. The van der Waals surface area contributed by atoms with Gasteiger partial charge in [0, 0.05) is 10.5 Å². The Bertz CT molecular complexity index is 659. The molecule has 0 atom stereocenters. The van der Waals surface area contributed by atoms with E-state index >= 15 is 0 Å². The van der Waals surface area contributed by atoms with Crippen molar-refractivity contribution in [2.45, 2.75) is 6.92 Å². The van der Waals surface area contributed by atoms with Crippen molar-refractivity contribution in [2.75, 3.05) is 0 Å². The molecule has 0 aliphatic rings. The van der Waals surface area contributed by atoms with Gasteiger partial charge in [0.25, 0.3) is 5.56 Å². The van der Waals surface area contributed by atoms with E-state index in [-0.39, 0.29) is 5.15 Å². The molecule has 1 aromatic carbocycles. The summed E-state index contributed by atoms with van der Waals surface area (Å²) >= 11 is 8.96. The van der Waals surface area contributed by atoms with Crippen molar-refractivity contribution in [3.8, 4) is 5.69 Å². The Labute approximate surface area is 110 Å². The third-order valence-corrected chi connectivity index (χ3v) is 3.44. The molecule has 17 heavy (non-hydrogen) atoms. The Morgan fingerprint density at radius 3 is 2.71 bits per heavy atom. The van der Waals surface area contributed by atoms with Gasteiger partial charge in [0.2, 0.25) is 0 Å². The third-order valence-electron chi connectivity index (χ3n) is 2.38. The highest BCUT2D eigenvalue weighted by Gasteiger charge is 2.09. The molecule has 0 radical (unpaired) electrons. The average Bonchev–Trinajstić information content (AvgIpc) is 2.23. The number of nitrogens with one attached hydrogen (secondary N) is 1. The minimum atomic E-state index is -0.552. The number of hydrogen-bond donors (Lipinski definition) is 1. The average molecular weight is 316 g/mol. The second kappa shape index (κ2) is 4.50. The molecule has 1 heterocycles. The van der Waals surface area contributed by atoms with Gasteiger partial charge >= 0.3 is 5.69 Å². The van der Waals surface area contributed by atoms with Gasteiger partial charge in [0.15, 0.2) is 0 Å². The van der Waals surface area contributed by atoms with Crippen LogP contribution in [0.4, 0.5) is 0 Å². The molecule has 0 aliphatic carbocycles. The molecular weight excluding hydrogens is 307 g/mol. The number of aromatic nitrogens is 2. The highest BCUT2D eigenvalue weighted by atomic mass is 79.9. The first-order valence-corrected chi connectivity index (χ1v) is 5.95. The lowest BCUT2D eigenvalue weighted by molar-refractivity contribution is 0.868. The maximum absolute atomic E-state index is 11.8. The van der Waals surface area contributed by atoms with Crippen molar-refractivity contribution in [2.24, 2.45) is 0 Å². The van der Waals surface area contributed by atoms with E-state index in [1.807, 2.05) is 13.0 Å². The first-order chi connectivity index (χ1) is 8.00. The van der Waals surface area contributed by atoms with Crippen LogP contribution in [0, 0.1) is 6.92 Å². The molecule has 6 heteroatoms. The summed E-state index contributed by atoms with van der Waals surface area (Å²) in [6.07, 6.45) is 0. The van der Waals surface area contributed by atoms with Crippen molar-refractivity contribution >= 4 is 27.5 Å². The van der Waals surface area contributed by atoms with Crippen LogP contribution >= 0.6 is 27.5 Å². The summed E-state index contributed by atoms with van der Waals surface area (Å²) in [6, 6.07) is 6.47. The number of nitrogens with zero attached hydrogens (tertiary/aromatic N) is 1.